The van der Waals surface area contributed by atoms with Gasteiger partial charge < -0.3 is 10.0 Å². The molecule has 2 amide bonds. The normalized spacial score (nSPS) is 11.4. The summed E-state index contributed by atoms with van der Waals surface area (Å²) in [5.41, 5.74) is -0.916. The molecule has 1 aromatic heterocycles. The van der Waals surface area contributed by atoms with Gasteiger partial charge in [0.25, 0.3) is 0 Å². The van der Waals surface area contributed by atoms with Crippen LogP contribution < -0.4 is 5.32 Å². The summed E-state index contributed by atoms with van der Waals surface area (Å²) >= 11 is 1.40. The molecule has 20 heavy (non-hydrogen) atoms. The Morgan fingerprint density at radius 3 is 2.65 bits per heavy atom. The molecule has 0 unspecified atom stereocenters. The lowest BCUT2D eigenvalue weighted by molar-refractivity contribution is 0.0501. The highest BCUT2D eigenvalue weighted by Crippen LogP contribution is 2.18. The van der Waals surface area contributed by atoms with Gasteiger partial charge in [-0.2, -0.15) is 0 Å². The molecule has 0 atom stereocenters. The molecular formula is C13H24N4O2S. The molecule has 0 spiro atoms. The number of nitrogens with one attached hydrogen (secondary N) is 1. The number of unbranched alkanes of at least 4 members (excludes halogenated alkanes) is 1. The first-order chi connectivity index (χ1) is 9.35. The van der Waals surface area contributed by atoms with Crippen LogP contribution in [0.2, 0.25) is 0 Å². The molecule has 1 rings (SSSR count). The zero-order chi connectivity index (χ0) is 15.2. The van der Waals surface area contributed by atoms with Crippen molar-refractivity contribution in [1.29, 1.82) is 0 Å². The van der Waals surface area contributed by atoms with Gasteiger partial charge >= 0.3 is 6.03 Å². The molecule has 7 heteroatoms. The van der Waals surface area contributed by atoms with Gasteiger partial charge in [0.05, 0.1) is 12.1 Å². The summed E-state index contributed by atoms with van der Waals surface area (Å²) in [6, 6.07) is -0.257. The molecule has 0 aliphatic carbocycles. The maximum Gasteiger partial charge on any atom is 0.323 e. The first kappa shape index (κ1) is 16.8. The van der Waals surface area contributed by atoms with E-state index < -0.39 is 5.60 Å². The molecule has 0 saturated carbocycles. The number of carbonyl (C=O) groups is 1. The van der Waals surface area contributed by atoms with E-state index in [1.165, 1.54) is 11.3 Å². The zero-order valence-electron chi connectivity index (χ0n) is 12.6. The van der Waals surface area contributed by atoms with E-state index in [-0.39, 0.29) is 12.6 Å². The number of rotatable bonds is 7. The van der Waals surface area contributed by atoms with Crippen molar-refractivity contribution >= 4 is 22.5 Å². The van der Waals surface area contributed by atoms with Crippen LogP contribution in [0.25, 0.3) is 0 Å². The SMILES string of the molecule is CCCCc1nnc(NC(=O)N(CC)CC(C)(C)O)s1. The van der Waals surface area contributed by atoms with E-state index in [0.29, 0.717) is 11.7 Å². The number of aromatic nitrogens is 2. The fourth-order valence-electron chi connectivity index (χ4n) is 1.70. The van der Waals surface area contributed by atoms with Gasteiger partial charge in [0.1, 0.15) is 5.01 Å². The molecule has 0 aromatic carbocycles. The summed E-state index contributed by atoms with van der Waals surface area (Å²) in [4.78, 5) is 13.6. The molecule has 0 radical (unpaired) electrons. The Morgan fingerprint density at radius 2 is 2.10 bits per heavy atom. The number of nitrogens with zero attached hydrogens (tertiary/aromatic N) is 3. The molecule has 6 nitrogen and oxygen atoms in total. The number of aryl methyl sites for hydroxylation is 1. The highest BCUT2D eigenvalue weighted by molar-refractivity contribution is 7.15. The van der Waals surface area contributed by atoms with Crippen LogP contribution in [0.4, 0.5) is 9.93 Å². The number of carbonyl (C=O) groups excluding carboxylic acids is 1. The number of hydrogen-bond acceptors (Lipinski definition) is 5. The first-order valence-corrected chi connectivity index (χ1v) is 7.78. The summed E-state index contributed by atoms with van der Waals surface area (Å²) in [5, 5.41) is 22.0. The van der Waals surface area contributed by atoms with Crippen LogP contribution in [0.5, 0.6) is 0 Å². The number of amides is 2. The van der Waals surface area contributed by atoms with Crippen LogP contribution in [-0.4, -0.2) is 44.9 Å². The molecule has 1 heterocycles. The molecule has 2 N–H and O–H groups in total. The van der Waals surface area contributed by atoms with E-state index in [9.17, 15) is 9.90 Å². The molecule has 0 aliphatic rings. The van der Waals surface area contributed by atoms with E-state index in [1.54, 1.807) is 18.7 Å². The van der Waals surface area contributed by atoms with Crippen molar-refractivity contribution in [2.75, 3.05) is 18.4 Å². The third-order valence-corrected chi connectivity index (χ3v) is 3.57. The summed E-state index contributed by atoms with van der Waals surface area (Å²) in [5.74, 6) is 0. The lowest BCUT2D eigenvalue weighted by atomic mass is 10.1. The van der Waals surface area contributed by atoms with Gasteiger partial charge in [-0.1, -0.05) is 24.7 Å². The average molecular weight is 300 g/mol. The van der Waals surface area contributed by atoms with E-state index >= 15 is 0 Å². The fourth-order valence-corrected chi connectivity index (χ4v) is 2.47. The van der Waals surface area contributed by atoms with Gasteiger partial charge in [-0.25, -0.2) is 4.79 Å². The Balaban J connectivity index is 2.57. The third kappa shape index (κ3) is 5.83. The number of aliphatic hydroxyl groups is 1. The largest absolute Gasteiger partial charge is 0.389 e. The van der Waals surface area contributed by atoms with E-state index in [4.69, 9.17) is 0 Å². The van der Waals surface area contributed by atoms with Crippen molar-refractivity contribution < 1.29 is 9.90 Å². The van der Waals surface area contributed by atoms with Crippen molar-refractivity contribution in [3.05, 3.63) is 5.01 Å². The highest BCUT2D eigenvalue weighted by Gasteiger charge is 2.22. The van der Waals surface area contributed by atoms with Gasteiger partial charge in [0, 0.05) is 13.0 Å². The third-order valence-electron chi connectivity index (χ3n) is 2.67. The maximum atomic E-state index is 12.1. The molecule has 114 valence electrons. The summed E-state index contributed by atoms with van der Waals surface area (Å²) in [7, 11) is 0. The van der Waals surface area contributed by atoms with Crippen molar-refractivity contribution in [2.24, 2.45) is 0 Å². The predicted molar refractivity (Wildman–Crippen MR) is 81.1 cm³/mol. The smallest absolute Gasteiger partial charge is 0.323 e. The Hall–Kier alpha value is -1.21. The van der Waals surface area contributed by atoms with Gasteiger partial charge in [-0.15, -0.1) is 10.2 Å². The molecule has 0 saturated heterocycles. The Labute approximate surface area is 124 Å². The molecular weight excluding hydrogens is 276 g/mol. The van der Waals surface area contributed by atoms with Crippen LogP contribution in [0, 0.1) is 0 Å². The second kappa shape index (κ2) is 7.54. The minimum absolute atomic E-state index is 0.257. The number of likely N-dealkylation sites (N-methyl/N-ethyl adjacent to an activating group) is 1. The quantitative estimate of drug-likeness (QED) is 0.811. The summed E-state index contributed by atoms with van der Waals surface area (Å²) in [6.07, 6.45) is 3.07. The van der Waals surface area contributed by atoms with Crippen LogP contribution in [0.15, 0.2) is 0 Å². The van der Waals surface area contributed by atoms with E-state index in [2.05, 4.69) is 22.4 Å². The van der Waals surface area contributed by atoms with E-state index in [0.717, 1.165) is 24.3 Å². The average Bonchev–Trinajstić information content (AvgIpc) is 2.79. The Bertz CT molecular complexity index is 428. The van der Waals surface area contributed by atoms with Gasteiger partial charge in [0.2, 0.25) is 5.13 Å². The second-order valence-corrected chi connectivity index (χ2v) is 6.42. The second-order valence-electron chi connectivity index (χ2n) is 5.36. The predicted octanol–water partition coefficient (Wildman–Crippen LogP) is 2.51. The number of anilines is 1. The van der Waals surface area contributed by atoms with Crippen LogP contribution in [-0.2, 0) is 6.42 Å². The minimum Gasteiger partial charge on any atom is -0.389 e. The first-order valence-electron chi connectivity index (χ1n) is 6.96. The van der Waals surface area contributed by atoms with Gasteiger partial charge in [0.15, 0.2) is 0 Å². The van der Waals surface area contributed by atoms with Crippen LogP contribution in [0.3, 0.4) is 0 Å². The van der Waals surface area contributed by atoms with Crippen molar-refractivity contribution in [1.82, 2.24) is 15.1 Å². The molecule has 1 aromatic rings. The fraction of sp³-hybridized carbons (Fsp3) is 0.769. The molecule has 0 aliphatic heterocycles. The zero-order valence-corrected chi connectivity index (χ0v) is 13.5. The molecule has 0 bridgehead atoms. The number of urea groups is 1. The summed E-state index contributed by atoms with van der Waals surface area (Å²) in [6.45, 7) is 8.15. The Kier molecular flexibility index (Phi) is 6.35. The number of hydrogen-bond donors (Lipinski definition) is 2. The standard InChI is InChI=1S/C13H24N4O2S/c1-5-7-8-10-15-16-11(20-10)14-12(18)17(6-2)9-13(3,4)19/h19H,5-9H2,1-4H3,(H,14,16,18). The summed E-state index contributed by atoms with van der Waals surface area (Å²) < 4.78 is 0. The van der Waals surface area contributed by atoms with Crippen molar-refractivity contribution in [3.8, 4) is 0 Å². The van der Waals surface area contributed by atoms with Gasteiger partial charge in [-0.3, -0.25) is 5.32 Å². The maximum absolute atomic E-state index is 12.1. The monoisotopic (exact) mass is 300 g/mol. The van der Waals surface area contributed by atoms with Crippen molar-refractivity contribution in [2.45, 2.75) is 52.6 Å². The molecule has 0 fully saturated rings. The van der Waals surface area contributed by atoms with Gasteiger partial charge in [-0.05, 0) is 27.2 Å². The minimum atomic E-state index is -0.916. The highest BCUT2D eigenvalue weighted by atomic mass is 32.1. The lowest BCUT2D eigenvalue weighted by Crippen LogP contribution is -2.44. The lowest BCUT2D eigenvalue weighted by Gasteiger charge is -2.27. The Morgan fingerprint density at radius 1 is 1.40 bits per heavy atom. The van der Waals surface area contributed by atoms with Crippen LogP contribution >= 0.6 is 11.3 Å². The van der Waals surface area contributed by atoms with E-state index in [1.807, 2.05) is 6.92 Å². The topological polar surface area (TPSA) is 78.4 Å². The van der Waals surface area contributed by atoms with Crippen LogP contribution in [0.1, 0.15) is 45.5 Å². The van der Waals surface area contributed by atoms with Crippen molar-refractivity contribution in [3.63, 3.8) is 0 Å².